The van der Waals surface area contributed by atoms with Crippen LogP contribution in [0.5, 0.6) is 0 Å². The highest BCUT2D eigenvalue weighted by atomic mass is 19.1. The molecule has 1 atom stereocenters. The van der Waals surface area contributed by atoms with Crippen molar-refractivity contribution >= 4 is 0 Å². The van der Waals surface area contributed by atoms with Crippen LogP contribution in [-0.4, -0.2) is 18.5 Å². The number of likely N-dealkylation sites (N-methyl/N-ethyl adjacent to an activating group) is 1. The summed E-state index contributed by atoms with van der Waals surface area (Å²) in [6.07, 6.45) is 3.28. The number of benzene rings is 1. The van der Waals surface area contributed by atoms with Gasteiger partial charge in [-0.3, -0.25) is 0 Å². The summed E-state index contributed by atoms with van der Waals surface area (Å²) in [4.78, 5) is 2.38. The molecule has 0 fully saturated rings. The summed E-state index contributed by atoms with van der Waals surface area (Å²) in [5.41, 5.74) is 4.55. The first kappa shape index (κ1) is 13.1. The molecule has 3 rings (SSSR count). The summed E-state index contributed by atoms with van der Waals surface area (Å²) >= 11 is 0. The highest BCUT2D eigenvalue weighted by Gasteiger charge is 2.33. The van der Waals surface area contributed by atoms with Gasteiger partial charge in [-0.15, -0.1) is 0 Å². The fourth-order valence-corrected chi connectivity index (χ4v) is 3.80. The Morgan fingerprint density at radius 1 is 1.32 bits per heavy atom. The Labute approximate surface area is 115 Å². The lowest BCUT2D eigenvalue weighted by Crippen LogP contribution is -2.34. The molecular weight excluding hydrogens is 237 g/mol. The van der Waals surface area contributed by atoms with Crippen LogP contribution in [0.1, 0.15) is 61.8 Å². The lowest BCUT2D eigenvalue weighted by molar-refractivity contribution is 0.264. The van der Waals surface area contributed by atoms with Gasteiger partial charge < -0.3 is 4.90 Å². The van der Waals surface area contributed by atoms with Gasteiger partial charge in [-0.25, -0.2) is 4.39 Å². The van der Waals surface area contributed by atoms with Crippen LogP contribution in [-0.2, 0) is 18.4 Å². The van der Waals surface area contributed by atoms with Crippen LogP contribution in [0.4, 0.5) is 4.39 Å². The zero-order valence-electron chi connectivity index (χ0n) is 12.5. The van der Waals surface area contributed by atoms with E-state index in [1.807, 2.05) is 0 Å². The van der Waals surface area contributed by atoms with Crippen LogP contribution in [0.15, 0.2) is 6.07 Å². The van der Waals surface area contributed by atoms with Gasteiger partial charge in [-0.05, 0) is 59.9 Å². The topological polar surface area (TPSA) is 3.24 Å². The van der Waals surface area contributed by atoms with Gasteiger partial charge in [-0.1, -0.05) is 26.8 Å². The third-order valence-corrected chi connectivity index (χ3v) is 4.66. The summed E-state index contributed by atoms with van der Waals surface area (Å²) in [5, 5.41) is 0. The second-order valence-electron chi connectivity index (χ2n) is 7.33. The molecular formula is C17H24FN. The van der Waals surface area contributed by atoms with Crippen LogP contribution in [0.2, 0.25) is 0 Å². The van der Waals surface area contributed by atoms with Gasteiger partial charge in [0.05, 0.1) is 0 Å². The van der Waals surface area contributed by atoms with E-state index in [1.165, 1.54) is 17.5 Å². The second-order valence-corrected chi connectivity index (χ2v) is 7.33. The Morgan fingerprint density at radius 3 is 2.74 bits per heavy atom. The van der Waals surface area contributed by atoms with Crippen molar-refractivity contribution in [2.45, 2.75) is 57.9 Å². The number of hydrogen-bond acceptors (Lipinski definition) is 1. The Balaban J connectivity index is 2.22. The molecule has 0 N–H and O–H groups in total. The first-order chi connectivity index (χ1) is 8.88. The molecule has 1 nitrogen and oxygen atoms in total. The average molecular weight is 261 g/mol. The molecule has 104 valence electrons. The van der Waals surface area contributed by atoms with Crippen LogP contribution < -0.4 is 0 Å². The predicted molar refractivity (Wildman–Crippen MR) is 77.1 cm³/mol. The Morgan fingerprint density at radius 2 is 2.05 bits per heavy atom. The highest BCUT2D eigenvalue weighted by molar-refractivity contribution is 5.47. The van der Waals surface area contributed by atoms with E-state index < -0.39 is 0 Å². The molecule has 19 heavy (non-hydrogen) atoms. The van der Waals surface area contributed by atoms with Crippen molar-refractivity contribution < 1.29 is 4.39 Å². The SMILES string of the molecule is CN1Cc2cc(C(C)(C)C)c(F)c3c2C(CCC3)C1. The third-order valence-electron chi connectivity index (χ3n) is 4.66. The van der Waals surface area contributed by atoms with Gasteiger partial charge in [0.15, 0.2) is 0 Å². The van der Waals surface area contributed by atoms with Crippen molar-refractivity contribution in [3.05, 3.63) is 34.1 Å². The molecule has 1 aliphatic carbocycles. The molecule has 0 radical (unpaired) electrons. The number of nitrogens with zero attached hydrogens (tertiary/aromatic N) is 1. The molecule has 0 aromatic heterocycles. The molecule has 0 amide bonds. The minimum Gasteiger partial charge on any atom is -0.301 e. The maximum atomic E-state index is 14.8. The molecule has 1 unspecified atom stereocenters. The van der Waals surface area contributed by atoms with E-state index in [1.54, 1.807) is 0 Å². The fourth-order valence-electron chi connectivity index (χ4n) is 3.80. The van der Waals surface area contributed by atoms with Crippen molar-refractivity contribution in [3.8, 4) is 0 Å². The molecule has 0 bridgehead atoms. The number of hydrogen-bond donors (Lipinski definition) is 0. The van der Waals surface area contributed by atoms with E-state index in [0.717, 1.165) is 37.1 Å². The lowest BCUT2D eigenvalue weighted by atomic mass is 9.74. The zero-order chi connectivity index (χ0) is 13.8. The number of halogens is 1. The molecule has 1 heterocycles. The minimum absolute atomic E-state index is 0.0838. The number of rotatable bonds is 0. The van der Waals surface area contributed by atoms with Crippen LogP contribution in [0, 0.1) is 5.82 Å². The normalized spacial score (nSPS) is 23.3. The summed E-state index contributed by atoms with van der Waals surface area (Å²) in [7, 11) is 2.18. The summed E-state index contributed by atoms with van der Waals surface area (Å²) < 4.78 is 14.8. The van der Waals surface area contributed by atoms with Crippen molar-refractivity contribution in [1.82, 2.24) is 4.90 Å². The first-order valence-electron chi connectivity index (χ1n) is 7.41. The smallest absolute Gasteiger partial charge is 0.130 e. The van der Waals surface area contributed by atoms with Gasteiger partial charge in [0.1, 0.15) is 5.82 Å². The lowest BCUT2D eigenvalue weighted by Gasteiger charge is -2.38. The quantitative estimate of drug-likeness (QED) is 0.682. The summed E-state index contributed by atoms with van der Waals surface area (Å²) in [5.74, 6) is 0.640. The Hall–Kier alpha value is -0.890. The maximum Gasteiger partial charge on any atom is 0.130 e. The first-order valence-corrected chi connectivity index (χ1v) is 7.41. The van der Waals surface area contributed by atoms with Crippen LogP contribution in [0.3, 0.4) is 0 Å². The monoisotopic (exact) mass is 261 g/mol. The van der Waals surface area contributed by atoms with Gasteiger partial charge in [0.2, 0.25) is 0 Å². The summed E-state index contributed by atoms with van der Waals surface area (Å²) in [6, 6.07) is 2.14. The molecule has 0 saturated heterocycles. The van der Waals surface area contributed by atoms with E-state index in [2.05, 4.69) is 38.8 Å². The predicted octanol–water partition coefficient (Wildman–Crippen LogP) is 3.99. The Kier molecular flexibility index (Phi) is 2.97. The van der Waals surface area contributed by atoms with Gasteiger partial charge in [0, 0.05) is 13.1 Å². The van der Waals surface area contributed by atoms with E-state index in [0.29, 0.717) is 5.92 Å². The molecule has 2 heteroatoms. The Bertz CT molecular complexity index is 513. The van der Waals surface area contributed by atoms with Crippen molar-refractivity contribution in [1.29, 1.82) is 0 Å². The largest absolute Gasteiger partial charge is 0.301 e. The van der Waals surface area contributed by atoms with Crippen molar-refractivity contribution in [2.24, 2.45) is 0 Å². The fraction of sp³-hybridized carbons (Fsp3) is 0.647. The molecule has 2 aliphatic rings. The molecule has 1 aromatic rings. The van der Waals surface area contributed by atoms with E-state index >= 15 is 0 Å². The highest BCUT2D eigenvalue weighted by Crippen LogP contribution is 2.42. The van der Waals surface area contributed by atoms with E-state index in [4.69, 9.17) is 0 Å². The molecule has 0 spiro atoms. The molecule has 1 aliphatic heterocycles. The third kappa shape index (κ3) is 2.10. The average Bonchev–Trinajstić information content (AvgIpc) is 2.31. The standard InChI is InChI=1S/C17H24FN/c1-17(2,3)14-8-12-10-19(4)9-11-6-5-7-13(15(11)12)16(14)18/h8,11H,5-7,9-10H2,1-4H3. The van der Waals surface area contributed by atoms with Gasteiger partial charge in [0.25, 0.3) is 0 Å². The maximum absolute atomic E-state index is 14.8. The van der Waals surface area contributed by atoms with E-state index in [-0.39, 0.29) is 11.2 Å². The molecule has 1 aromatic carbocycles. The van der Waals surface area contributed by atoms with Crippen molar-refractivity contribution in [3.63, 3.8) is 0 Å². The molecule has 0 saturated carbocycles. The zero-order valence-corrected chi connectivity index (χ0v) is 12.5. The van der Waals surface area contributed by atoms with Crippen LogP contribution >= 0.6 is 0 Å². The minimum atomic E-state index is -0.113. The van der Waals surface area contributed by atoms with Gasteiger partial charge >= 0.3 is 0 Å². The summed E-state index contributed by atoms with van der Waals surface area (Å²) in [6.45, 7) is 8.39. The van der Waals surface area contributed by atoms with Gasteiger partial charge in [-0.2, -0.15) is 0 Å². The van der Waals surface area contributed by atoms with Crippen LogP contribution in [0.25, 0.3) is 0 Å². The van der Waals surface area contributed by atoms with E-state index in [9.17, 15) is 4.39 Å². The van der Waals surface area contributed by atoms with Crippen molar-refractivity contribution in [2.75, 3.05) is 13.6 Å². The second kappa shape index (κ2) is 4.31.